The minimum atomic E-state index is -0.196. The number of hydrogen-bond donors (Lipinski definition) is 3. The number of carbonyl (C=O) groups excluding carboxylic acids is 1. The predicted octanol–water partition coefficient (Wildman–Crippen LogP) is 2.79. The first-order valence-electron chi connectivity index (χ1n) is 6.48. The van der Waals surface area contributed by atoms with Gasteiger partial charge in [-0.05, 0) is 37.0 Å². The third kappa shape index (κ3) is 5.95. The third-order valence-electron chi connectivity index (χ3n) is 2.98. The Kier molecular flexibility index (Phi) is 5.93. The lowest BCUT2D eigenvalue weighted by Crippen LogP contribution is -2.33. The van der Waals surface area contributed by atoms with Gasteiger partial charge in [-0.1, -0.05) is 31.6 Å². The fourth-order valence-corrected chi connectivity index (χ4v) is 1.38. The van der Waals surface area contributed by atoms with Gasteiger partial charge in [-0.25, -0.2) is 4.79 Å². The van der Waals surface area contributed by atoms with Crippen LogP contribution in [0.3, 0.4) is 0 Å². The summed E-state index contributed by atoms with van der Waals surface area (Å²) in [6, 6.07) is 6.78. The topological polar surface area (TPSA) is 61.4 Å². The molecule has 0 unspecified atom stereocenters. The quantitative estimate of drug-likeness (QED) is 0.764. The van der Waals surface area contributed by atoms with Crippen molar-refractivity contribution >= 4 is 6.03 Å². The van der Waals surface area contributed by atoms with Crippen LogP contribution in [0.25, 0.3) is 0 Å². The number of carbonyl (C=O) groups is 1. The Morgan fingerprint density at radius 3 is 2.53 bits per heavy atom. The molecule has 19 heavy (non-hydrogen) atoms. The van der Waals surface area contributed by atoms with Crippen LogP contribution >= 0.6 is 0 Å². The Bertz CT molecular complexity index is 436. The average molecular weight is 262 g/mol. The number of hydrogen-bond acceptors (Lipinski definition) is 2. The molecule has 3 N–H and O–H groups in total. The second-order valence-corrected chi connectivity index (χ2v) is 4.86. The molecule has 2 amide bonds. The highest BCUT2D eigenvalue weighted by molar-refractivity contribution is 5.74. The molecule has 104 valence electrons. The van der Waals surface area contributed by atoms with Crippen molar-refractivity contribution in [2.45, 2.75) is 27.2 Å². The number of rotatable bonds is 5. The van der Waals surface area contributed by atoms with E-state index >= 15 is 0 Å². The van der Waals surface area contributed by atoms with E-state index in [2.05, 4.69) is 24.5 Å². The summed E-state index contributed by atoms with van der Waals surface area (Å²) in [5.74, 6) is 0.682. The van der Waals surface area contributed by atoms with Crippen molar-refractivity contribution in [3.05, 3.63) is 41.6 Å². The van der Waals surface area contributed by atoms with E-state index < -0.39 is 0 Å². The number of phenols is 1. The highest BCUT2D eigenvalue weighted by atomic mass is 16.3. The molecule has 0 aliphatic carbocycles. The summed E-state index contributed by atoms with van der Waals surface area (Å²) in [4.78, 5) is 11.5. The number of nitrogens with one attached hydrogen (secondary N) is 2. The molecule has 0 aliphatic heterocycles. The number of allylic oxidation sites excluding steroid dienone is 1. The van der Waals surface area contributed by atoms with Crippen LogP contribution in [0, 0.1) is 5.92 Å². The Hall–Kier alpha value is -1.97. The highest BCUT2D eigenvalue weighted by Crippen LogP contribution is 2.09. The number of aromatic hydroxyl groups is 1. The van der Waals surface area contributed by atoms with Gasteiger partial charge in [0.15, 0.2) is 0 Å². The van der Waals surface area contributed by atoms with Gasteiger partial charge in [-0.15, -0.1) is 0 Å². The van der Waals surface area contributed by atoms with Crippen molar-refractivity contribution in [2.75, 3.05) is 6.54 Å². The van der Waals surface area contributed by atoms with Crippen LogP contribution in [0.1, 0.15) is 26.3 Å². The molecule has 4 nitrogen and oxygen atoms in total. The maximum atomic E-state index is 11.5. The number of phenolic OH excluding ortho intramolecular Hbond substituents is 1. The first-order chi connectivity index (χ1) is 8.99. The van der Waals surface area contributed by atoms with Gasteiger partial charge < -0.3 is 15.7 Å². The van der Waals surface area contributed by atoms with Gasteiger partial charge in [-0.3, -0.25) is 0 Å². The van der Waals surface area contributed by atoms with E-state index in [4.69, 9.17) is 5.11 Å². The fraction of sp³-hybridized carbons (Fsp3) is 0.400. The summed E-state index contributed by atoms with van der Waals surface area (Å²) >= 11 is 0. The lowest BCUT2D eigenvalue weighted by Gasteiger charge is -2.08. The lowest BCUT2D eigenvalue weighted by molar-refractivity contribution is 0.244. The molecule has 0 radical (unpaired) electrons. The van der Waals surface area contributed by atoms with Crippen LogP contribution in [0.2, 0.25) is 0 Å². The molecule has 1 aromatic rings. The third-order valence-corrected chi connectivity index (χ3v) is 2.98. The Balaban J connectivity index is 2.27. The average Bonchev–Trinajstić information content (AvgIpc) is 2.38. The first kappa shape index (κ1) is 15.1. The van der Waals surface area contributed by atoms with E-state index in [-0.39, 0.29) is 11.8 Å². The maximum Gasteiger partial charge on any atom is 0.318 e. The highest BCUT2D eigenvalue weighted by Gasteiger charge is 2.00. The van der Waals surface area contributed by atoms with Crippen molar-refractivity contribution in [3.63, 3.8) is 0 Å². The summed E-state index contributed by atoms with van der Waals surface area (Å²) in [5, 5.41) is 14.6. The summed E-state index contributed by atoms with van der Waals surface area (Å²) in [5.41, 5.74) is 2.21. The molecule has 0 spiro atoms. The summed E-state index contributed by atoms with van der Waals surface area (Å²) < 4.78 is 0. The molecular formula is C15H22N2O2. The molecule has 0 heterocycles. The zero-order valence-corrected chi connectivity index (χ0v) is 11.7. The van der Waals surface area contributed by atoms with Crippen LogP contribution in [-0.4, -0.2) is 17.7 Å². The van der Waals surface area contributed by atoms with E-state index in [1.165, 1.54) is 0 Å². The minimum Gasteiger partial charge on any atom is -0.508 e. The minimum absolute atomic E-state index is 0.196. The number of benzene rings is 1. The van der Waals surface area contributed by atoms with Gasteiger partial charge in [0.1, 0.15) is 5.75 Å². The van der Waals surface area contributed by atoms with Gasteiger partial charge >= 0.3 is 6.03 Å². The van der Waals surface area contributed by atoms with E-state index in [0.717, 1.165) is 17.6 Å². The molecule has 0 aromatic heterocycles. The van der Waals surface area contributed by atoms with Crippen LogP contribution in [0.4, 0.5) is 4.79 Å². The zero-order chi connectivity index (χ0) is 14.3. The van der Waals surface area contributed by atoms with E-state index in [0.29, 0.717) is 12.5 Å². The normalized spacial score (nSPS) is 11.5. The largest absolute Gasteiger partial charge is 0.508 e. The Morgan fingerprint density at radius 1 is 1.32 bits per heavy atom. The van der Waals surface area contributed by atoms with Gasteiger partial charge in [0, 0.05) is 12.7 Å². The van der Waals surface area contributed by atoms with E-state index in [1.54, 1.807) is 18.3 Å². The molecule has 0 aliphatic rings. The standard InChI is InChI=1S/C15H22N2O2/c1-11(2)12(3)10-17-15(19)16-9-8-13-4-6-14(18)7-5-13/h4-7,10-11,18H,8-9H2,1-3H3,(H2,16,17,19)/b12-10+. The van der Waals surface area contributed by atoms with Crippen LogP contribution < -0.4 is 10.6 Å². The van der Waals surface area contributed by atoms with Crippen molar-refractivity contribution in [3.8, 4) is 5.75 Å². The zero-order valence-electron chi connectivity index (χ0n) is 11.7. The maximum absolute atomic E-state index is 11.5. The van der Waals surface area contributed by atoms with Gasteiger partial charge in [0.25, 0.3) is 0 Å². The Labute approximate surface area is 114 Å². The molecular weight excluding hydrogens is 240 g/mol. The molecule has 0 saturated carbocycles. The van der Waals surface area contributed by atoms with Crippen LogP contribution in [0.5, 0.6) is 5.75 Å². The SMILES string of the molecule is C/C(=C\NC(=O)NCCc1ccc(O)cc1)C(C)C. The number of urea groups is 1. The van der Waals surface area contributed by atoms with Gasteiger partial charge in [0.2, 0.25) is 0 Å². The van der Waals surface area contributed by atoms with Crippen molar-refractivity contribution < 1.29 is 9.90 Å². The van der Waals surface area contributed by atoms with Gasteiger partial charge in [-0.2, -0.15) is 0 Å². The van der Waals surface area contributed by atoms with E-state index in [9.17, 15) is 4.79 Å². The first-order valence-corrected chi connectivity index (χ1v) is 6.48. The molecule has 0 fully saturated rings. The fourth-order valence-electron chi connectivity index (χ4n) is 1.38. The molecule has 0 saturated heterocycles. The predicted molar refractivity (Wildman–Crippen MR) is 76.9 cm³/mol. The monoisotopic (exact) mass is 262 g/mol. The molecule has 1 aromatic carbocycles. The van der Waals surface area contributed by atoms with Crippen molar-refractivity contribution in [1.82, 2.24) is 10.6 Å². The van der Waals surface area contributed by atoms with Crippen LogP contribution in [0.15, 0.2) is 36.0 Å². The molecule has 1 rings (SSSR count). The van der Waals surface area contributed by atoms with Gasteiger partial charge in [0.05, 0.1) is 0 Å². The molecule has 4 heteroatoms. The van der Waals surface area contributed by atoms with Crippen molar-refractivity contribution in [2.24, 2.45) is 5.92 Å². The second-order valence-electron chi connectivity index (χ2n) is 4.86. The summed E-state index contributed by atoms with van der Waals surface area (Å²) in [6.07, 6.45) is 2.47. The van der Waals surface area contributed by atoms with Crippen LogP contribution in [-0.2, 0) is 6.42 Å². The number of amides is 2. The Morgan fingerprint density at radius 2 is 1.95 bits per heavy atom. The summed E-state index contributed by atoms with van der Waals surface area (Å²) in [7, 11) is 0. The lowest BCUT2D eigenvalue weighted by atomic mass is 10.1. The smallest absolute Gasteiger partial charge is 0.318 e. The van der Waals surface area contributed by atoms with E-state index in [1.807, 2.05) is 19.1 Å². The molecule has 0 bridgehead atoms. The summed E-state index contributed by atoms with van der Waals surface area (Å²) in [6.45, 7) is 6.71. The van der Waals surface area contributed by atoms with Crippen molar-refractivity contribution in [1.29, 1.82) is 0 Å². The second kappa shape index (κ2) is 7.46. The molecule has 0 atom stereocenters.